The first-order valence-electron chi connectivity index (χ1n) is 10.8. The van der Waals surface area contributed by atoms with Crippen LogP contribution in [-0.4, -0.2) is 71.8 Å². The monoisotopic (exact) mass is 494 g/mol. The van der Waals surface area contributed by atoms with Crippen LogP contribution in [0.1, 0.15) is 32.8 Å². The van der Waals surface area contributed by atoms with Gasteiger partial charge < -0.3 is 29.4 Å². The molecule has 3 rings (SSSR count). The van der Waals surface area contributed by atoms with Crippen molar-refractivity contribution in [1.82, 2.24) is 5.32 Å². The quantitative estimate of drug-likeness (QED) is 0.254. The van der Waals surface area contributed by atoms with E-state index in [-0.39, 0.29) is 18.9 Å². The number of benzene rings is 1. The van der Waals surface area contributed by atoms with E-state index in [9.17, 15) is 14.7 Å². The van der Waals surface area contributed by atoms with Crippen molar-refractivity contribution in [2.45, 2.75) is 80.2 Å². The highest BCUT2D eigenvalue weighted by molar-refractivity contribution is 8.01. The van der Waals surface area contributed by atoms with Crippen LogP contribution in [0, 0.1) is 6.92 Å². The molecule has 2 aliphatic rings. The van der Waals surface area contributed by atoms with Crippen LogP contribution in [0.25, 0.3) is 10.4 Å². The Kier molecular flexibility index (Phi) is 8.12. The van der Waals surface area contributed by atoms with Gasteiger partial charge in [0.2, 0.25) is 10.8 Å². The molecule has 6 atom stereocenters. The average Bonchev–Trinajstić information content (AvgIpc) is 3.09. The first-order valence-corrected chi connectivity index (χ1v) is 11.7. The van der Waals surface area contributed by atoms with E-state index in [4.69, 9.17) is 24.5 Å². The Morgan fingerprint density at radius 2 is 1.94 bits per heavy atom. The van der Waals surface area contributed by atoms with Gasteiger partial charge in [-0.05, 0) is 38.4 Å². The van der Waals surface area contributed by atoms with Crippen molar-refractivity contribution in [2.75, 3.05) is 13.7 Å². The summed E-state index contributed by atoms with van der Waals surface area (Å²) in [5.74, 6) is -2.13. The third-order valence-electron chi connectivity index (χ3n) is 5.61. The lowest BCUT2D eigenvalue weighted by atomic mass is 9.89. The Hall–Kier alpha value is -2.34. The van der Waals surface area contributed by atoms with E-state index in [2.05, 4.69) is 15.3 Å². The number of hydrogen-bond acceptors (Lipinski definition) is 9. The molecule has 0 radical (unpaired) electrons. The Balaban J connectivity index is 2.03. The number of thioether (sulfide) groups is 1. The highest BCUT2D eigenvalue weighted by atomic mass is 32.2. The fraction of sp³-hybridized carbons (Fsp3) is 0.636. The number of azide groups is 1. The molecule has 1 amide bonds. The summed E-state index contributed by atoms with van der Waals surface area (Å²) in [6, 6.07) is 6.58. The molecule has 0 aromatic heterocycles. The minimum absolute atomic E-state index is 0.0658. The van der Waals surface area contributed by atoms with E-state index < -0.39 is 47.1 Å². The number of esters is 1. The summed E-state index contributed by atoms with van der Waals surface area (Å²) in [5.41, 5.74) is 9.85. The molecule has 1 aromatic rings. The second-order valence-electron chi connectivity index (χ2n) is 8.79. The lowest BCUT2D eigenvalue weighted by molar-refractivity contribution is -0.208. The molecule has 34 heavy (non-hydrogen) atoms. The predicted molar refractivity (Wildman–Crippen MR) is 123 cm³/mol. The van der Waals surface area contributed by atoms with E-state index in [0.717, 1.165) is 22.2 Å². The largest absolute Gasteiger partial charge is 0.466 e. The number of aliphatic hydroxyl groups excluding tert-OH is 1. The normalized spacial score (nSPS) is 32.5. The van der Waals surface area contributed by atoms with Gasteiger partial charge in [-0.15, -0.1) is 0 Å². The van der Waals surface area contributed by atoms with Crippen LogP contribution in [0.3, 0.4) is 0 Å². The smallest absolute Gasteiger partial charge is 0.349 e. The van der Waals surface area contributed by atoms with Crippen LogP contribution in [0.4, 0.5) is 0 Å². The van der Waals surface area contributed by atoms with Crippen LogP contribution in [0.15, 0.2) is 34.3 Å². The number of aryl methyl sites for hydroxylation is 1. The van der Waals surface area contributed by atoms with Crippen molar-refractivity contribution >= 4 is 23.6 Å². The number of methoxy groups -OCH3 is 1. The zero-order valence-electron chi connectivity index (χ0n) is 19.8. The summed E-state index contributed by atoms with van der Waals surface area (Å²) < 4.78 is 23.5. The zero-order valence-corrected chi connectivity index (χ0v) is 20.6. The molecule has 0 aliphatic carbocycles. The molecule has 0 unspecified atom stereocenters. The van der Waals surface area contributed by atoms with Gasteiger partial charge in [-0.25, -0.2) is 4.79 Å². The van der Waals surface area contributed by atoms with Gasteiger partial charge in [0.25, 0.3) is 0 Å². The van der Waals surface area contributed by atoms with E-state index in [1.165, 1.54) is 14.0 Å². The molecule has 0 bridgehead atoms. The van der Waals surface area contributed by atoms with Crippen molar-refractivity contribution in [2.24, 2.45) is 5.11 Å². The van der Waals surface area contributed by atoms with Gasteiger partial charge in [0.1, 0.15) is 12.2 Å². The molecule has 12 heteroatoms. The fourth-order valence-corrected chi connectivity index (χ4v) is 5.47. The van der Waals surface area contributed by atoms with Crippen molar-refractivity contribution in [1.29, 1.82) is 0 Å². The molecule has 0 saturated carbocycles. The lowest BCUT2D eigenvalue weighted by Gasteiger charge is -2.47. The molecule has 2 saturated heterocycles. The Morgan fingerprint density at radius 3 is 2.53 bits per heavy atom. The van der Waals surface area contributed by atoms with Crippen molar-refractivity contribution in [3.8, 4) is 0 Å². The molecule has 11 nitrogen and oxygen atoms in total. The van der Waals surface area contributed by atoms with Gasteiger partial charge >= 0.3 is 5.97 Å². The summed E-state index contributed by atoms with van der Waals surface area (Å²) in [4.78, 5) is 26.9. The summed E-state index contributed by atoms with van der Waals surface area (Å²) in [7, 11) is 1.24. The third kappa shape index (κ3) is 5.83. The molecule has 2 N–H and O–H groups in total. The number of aliphatic hydroxyl groups is 1. The van der Waals surface area contributed by atoms with Crippen LogP contribution >= 0.6 is 11.8 Å². The van der Waals surface area contributed by atoms with Gasteiger partial charge in [0, 0.05) is 23.2 Å². The number of carbonyl (C=O) groups excluding carboxylic acids is 2. The molecule has 2 heterocycles. The molecule has 2 aliphatic heterocycles. The minimum atomic E-state index is -1.62. The van der Waals surface area contributed by atoms with Crippen molar-refractivity contribution < 1.29 is 33.6 Å². The molecular formula is C22H30N4O7S. The number of hydrogen-bond donors (Lipinski definition) is 2. The number of amides is 1. The Morgan fingerprint density at radius 1 is 1.26 bits per heavy atom. The predicted octanol–water partition coefficient (Wildman–Crippen LogP) is 2.44. The second-order valence-corrected chi connectivity index (χ2v) is 10.1. The van der Waals surface area contributed by atoms with Crippen molar-refractivity contribution in [3.05, 3.63) is 40.3 Å². The number of carbonyl (C=O) groups is 2. The van der Waals surface area contributed by atoms with E-state index in [0.29, 0.717) is 0 Å². The first-order chi connectivity index (χ1) is 16.0. The summed E-state index contributed by atoms with van der Waals surface area (Å²) >= 11 is 1.11. The average molecular weight is 495 g/mol. The number of nitrogens with one attached hydrogen (secondary N) is 1. The SMILES string of the molecule is COC(=O)[C@]1(Sc2ccc(C)cc2)C[C@H](O)[C@@H](NC(C)=O)[C@H]([C@@H]2OC(C)(C)O[C@@H]2CN=[N+]=[N-])O1. The van der Waals surface area contributed by atoms with Gasteiger partial charge in [0.05, 0.1) is 31.9 Å². The molecule has 2 fully saturated rings. The summed E-state index contributed by atoms with van der Waals surface area (Å²) in [6.07, 6.45) is -3.94. The van der Waals surface area contributed by atoms with Crippen LogP contribution in [-0.2, 0) is 28.5 Å². The first kappa shape index (κ1) is 26.3. The molecular weight excluding hydrogens is 464 g/mol. The third-order valence-corrected chi connectivity index (χ3v) is 6.88. The number of rotatable bonds is 7. The van der Waals surface area contributed by atoms with E-state index >= 15 is 0 Å². The van der Waals surface area contributed by atoms with Crippen LogP contribution < -0.4 is 5.32 Å². The van der Waals surface area contributed by atoms with E-state index in [1.807, 2.05) is 31.2 Å². The number of nitrogens with zero attached hydrogens (tertiary/aromatic N) is 3. The molecule has 0 spiro atoms. The lowest BCUT2D eigenvalue weighted by Crippen LogP contribution is -2.66. The Labute approximate surface area is 202 Å². The maximum atomic E-state index is 13.1. The maximum Gasteiger partial charge on any atom is 0.349 e. The summed E-state index contributed by atoms with van der Waals surface area (Å²) in [6.45, 7) is 6.58. The van der Waals surface area contributed by atoms with Crippen LogP contribution in [0.2, 0.25) is 0 Å². The zero-order chi connectivity index (χ0) is 25.1. The molecule has 186 valence electrons. The highest BCUT2D eigenvalue weighted by Crippen LogP contribution is 2.46. The Bertz CT molecular complexity index is 953. The minimum Gasteiger partial charge on any atom is -0.466 e. The number of ether oxygens (including phenoxy) is 4. The van der Waals surface area contributed by atoms with Gasteiger partial charge in [-0.3, -0.25) is 4.79 Å². The molecule has 1 aromatic carbocycles. The topological polar surface area (TPSA) is 152 Å². The highest BCUT2D eigenvalue weighted by Gasteiger charge is 2.58. The van der Waals surface area contributed by atoms with Gasteiger partial charge in [-0.2, -0.15) is 0 Å². The van der Waals surface area contributed by atoms with Crippen molar-refractivity contribution in [3.63, 3.8) is 0 Å². The second kappa shape index (κ2) is 10.5. The van der Waals surface area contributed by atoms with Gasteiger partial charge in [-0.1, -0.05) is 34.6 Å². The standard InChI is InChI=1S/C22H30N4O7S/c1-12-6-8-14(9-7-12)34-22(20(29)30-5)10-15(28)17(25-13(2)27)19(33-22)18-16(11-24-26-23)31-21(3,4)32-18/h6-9,15-19,28H,10-11H2,1-5H3,(H,25,27)/t15-,16+,17+,18+,19+,22+/m0/s1. The summed E-state index contributed by atoms with van der Waals surface area (Å²) in [5, 5.41) is 17.5. The van der Waals surface area contributed by atoms with Gasteiger partial charge in [0.15, 0.2) is 5.79 Å². The maximum absolute atomic E-state index is 13.1. The van der Waals surface area contributed by atoms with Crippen LogP contribution in [0.5, 0.6) is 0 Å². The van der Waals surface area contributed by atoms with E-state index in [1.54, 1.807) is 13.8 Å². The fourth-order valence-electron chi connectivity index (χ4n) is 4.24.